The molecule has 0 radical (unpaired) electrons. The molecular weight excluding hydrogens is 402 g/mol. The van der Waals surface area contributed by atoms with Crippen molar-refractivity contribution < 1.29 is 22.7 Å². The molecule has 1 N–H and O–H groups in total. The summed E-state index contributed by atoms with van der Waals surface area (Å²) in [7, 11) is 0.985. The second kappa shape index (κ2) is 8.13. The highest BCUT2D eigenvalue weighted by Gasteiger charge is 2.18. The second-order valence-electron chi connectivity index (χ2n) is 5.95. The first-order valence-electron chi connectivity index (χ1n) is 8.19. The molecule has 0 aliphatic heterocycles. The van der Waals surface area contributed by atoms with Crippen molar-refractivity contribution in [1.82, 2.24) is 9.29 Å². The van der Waals surface area contributed by atoms with E-state index in [-0.39, 0.29) is 17.4 Å². The van der Waals surface area contributed by atoms with E-state index in [1.165, 1.54) is 31.5 Å². The highest BCUT2D eigenvalue weighted by Crippen LogP contribution is 2.29. The minimum atomic E-state index is -3.53. The molecule has 3 aromatic rings. The monoisotopic (exact) mass is 421 g/mol. The molecule has 0 aliphatic carbocycles. The number of hydrogen-bond acceptors (Lipinski definition) is 7. The fraction of sp³-hybridized carbons (Fsp3) is 0.222. The maximum Gasteiger partial charge on any atom is 0.264 e. The van der Waals surface area contributed by atoms with Crippen LogP contribution in [-0.4, -0.2) is 51.4 Å². The molecule has 148 valence electrons. The van der Waals surface area contributed by atoms with Gasteiger partial charge in [-0.05, 0) is 42.5 Å². The third-order valence-electron chi connectivity index (χ3n) is 3.81. The van der Waals surface area contributed by atoms with Gasteiger partial charge in [0.05, 0.1) is 22.2 Å². The fourth-order valence-corrected chi connectivity index (χ4v) is 4.23. The molecule has 1 aromatic heterocycles. The molecule has 0 fully saturated rings. The lowest BCUT2D eigenvalue weighted by atomic mass is 10.3. The molecule has 28 heavy (non-hydrogen) atoms. The van der Waals surface area contributed by atoms with Gasteiger partial charge in [0.1, 0.15) is 11.5 Å². The van der Waals surface area contributed by atoms with Crippen LogP contribution in [-0.2, 0) is 14.8 Å². The Morgan fingerprint density at radius 2 is 1.82 bits per heavy atom. The minimum absolute atomic E-state index is 0.175. The van der Waals surface area contributed by atoms with Crippen molar-refractivity contribution in [3.8, 4) is 11.5 Å². The molecule has 0 aliphatic rings. The van der Waals surface area contributed by atoms with Crippen LogP contribution in [0, 0.1) is 0 Å². The highest BCUT2D eigenvalue weighted by atomic mass is 32.2. The summed E-state index contributed by atoms with van der Waals surface area (Å²) in [6.07, 6.45) is 0. The van der Waals surface area contributed by atoms with Crippen LogP contribution in [0.15, 0.2) is 47.4 Å². The van der Waals surface area contributed by atoms with Crippen LogP contribution >= 0.6 is 11.3 Å². The lowest BCUT2D eigenvalue weighted by Crippen LogP contribution is -2.22. The number of carbonyl (C=O) groups excluding carboxylic acids is 1. The van der Waals surface area contributed by atoms with E-state index in [1.807, 2.05) is 0 Å². The predicted octanol–water partition coefficient (Wildman–Crippen LogP) is 2.57. The van der Waals surface area contributed by atoms with Crippen molar-refractivity contribution >= 4 is 42.6 Å². The summed E-state index contributed by atoms with van der Waals surface area (Å²) < 4.78 is 36.8. The molecule has 0 saturated carbocycles. The molecule has 0 bridgehead atoms. The summed E-state index contributed by atoms with van der Waals surface area (Å²) in [6.45, 7) is -0.178. The Bertz CT molecular complexity index is 1090. The van der Waals surface area contributed by atoms with E-state index >= 15 is 0 Å². The number of ether oxygens (including phenoxy) is 2. The van der Waals surface area contributed by atoms with Gasteiger partial charge >= 0.3 is 0 Å². The summed E-state index contributed by atoms with van der Waals surface area (Å²) >= 11 is 1.20. The number of fused-ring (bicyclic) bond motifs is 1. The molecule has 8 nitrogen and oxygen atoms in total. The van der Waals surface area contributed by atoms with Crippen LogP contribution in [0.2, 0.25) is 0 Å². The molecule has 0 spiro atoms. The first-order chi connectivity index (χ1) is 13.3. The van der Waals surface area contributed by atoms with Crippen LogP contribution in [0.1, 0.15) is 0 Å². The Balaban J connectivity index is 1.67. The largest absolute Gasteiger partial charge is 0.497 e. The molecule has 2 aromatic carbocycles. The third kappa shape index (κ3) is 4.41. The number of aromatic nitrogens is 1. The van der Waals surface area contributed by atoms with Gasteiger partial charge < -0.3 is 9.47 Å². The Kier molecular flexibility index (Phi) is 5.82. The van der Waals surface area contributed by atoms with E-state index in [1.54, 1.807) is 43.5 Å². The minimum Gasteiger partial charge on any atom is -0.497 e. The zero-order chi connectivity index (χ0) is 20.3. The third-order valence-corrected chi connectivity index (χ3v) is 6.56. The summed E-state index contributed by atoms with van der Waals surface area (Å²) in [5.74, 6) is 0.872. The maximum absolute atomic E-state index is 12.2. The normalized spacial score (nSPS) is 11.6. The van der Waals surface area contributed by atoms with Gasteiger partial charge in [0.25, 0.3) is 5.91 Å². The van der Waals surface area contributed by atoms with Crippen molar-refractivity contribution in [1.29, 1.82) is 0 Å². The smallest absolute Gasteiger partial charge is 0.264 e. The Hall–Kier alpha value is -2.69. The van der Waals surface area contributed by atoms with Gasteiger partial charge in [-0.3, -0.25) is 10.1 Å². The van der Waals surface area contributed by atoms with Crippen LogP contribution < -0.4 is 14.8 Å². The second-order valence-corrected chi connectivity index (χ2v) is 9.13. The molecule has 0 atom stereocenters. The van der Waals surface area contributed by atoms with E-state index in [2.05, 4.69) is 10.3 Å². The molecule has 1 amide bonds. The van der Waals surface area contributed by atoms with Gasteiger partial charge in [-0.2, -0.15) is 0 Å². The van der Waals surface area contributed by atoms with Crippen LogP contribution in [0.25, 0.3) is 10.2 Å². The predicted molar refractivity (Wildman–Crippen MR) is 108 cm³/mol. The SMILES string of the molecule is COc1ccc(OCC(=O)Nc2nc3ccc(S(=O)(=O)N(C)C)cc3s2)cc1. The first-order valence-corrected chi connectivity index (χ1v) is 10.4. The topological polar surface area (TPSA) is 97.8 Å². The number of anilines is 1. The van der Waals surface area contributed by atoms with Crippen LogP contribution in [0.3, 0.4) is 0 Å². The van der Waals surface area contributed by atoms with Gasteiger partial charge in [0.2, 0.25) is 10.0 Å². The highest BCUT2D eigenvalue weighted by molar-refractivity contribution is 7.89. The maximum atomic E-state index is 12.2. The van der Waals surface area contributed by atoms with Crippen LogP contribution in [0.4, 0.5) is 5.13 Å². The number of methoxy groups -OCH3 is 1. The van der Waals surface area contributed by atoms with Crippen molar-refractivity contribution in [3.63, 3.8) is 0 Å². The average molecular weight is 422 g/mol. The van der Waals surface area contributed by atoms with Crippen LogP contribution in [0.5, 0.6) is 11.5 Å². The quantitative estimate of drug-likeness (QED) is 0.630. The number of amides is 1. The average Bonchev–Trinajstić information content (AvgIpc) is 3.07. The van der Waals surface area contributed by atoms with Gasteiger partial charge in [-0.15, -0.1) is 0 Å². The fourth-order valence-electron chi connectivity index (χ4n) is 2.31. The van der Waals surface area contributed by atoms with E-state index in [4.69, 9.17) is 9.47 Å². The van der Waals surface area contributed by atoms with Gasteiger partial charge in [-0.25, -0.2) is 17.7 Å². The molecule has 10 heteroatoms. The van der Waals surface area contributed by atoms with E-state index < -0.39 is 10.0 Å². The Labute approximate surface area is 166 Å². The molecule has 0 unspecified atom stereocenters. The zero-order valence-electron chi connectivity index (χ0n) is 15.5. The summed E-state index contributed by atoms with van der Waals surface area (Å²) in [4.78, 5) is 16.6. The lowest BCUT2D eigenvalue weighted by Gasteiger charge is -2.10. The van der Waals surface area contributed by atoms with Crippen molar-refractivity contribution in [2.45, 2.75) is 4.90 Å². The number of nitrogens with zero attached hydrogens (tertiary/aromatic N) is 2. The summed E-state index contributed by atoms with van der Waals surface area (Å²) in [5, 5.41) is 3.04. The van der Waals surface area contributed by atoms with Gasteiger partial charge in [0.15, 0.2) is 11.7 Å². The Morgan fingerprint density at radius 1 is 1.14 bits per heavy atom. The zero-order valence-corrected chi connectivity index (χ0v) is 17.1. The van der Waals surface area contributed by atoms with E-state index in [0.717, 1.165) is 4.31 Å². The number of sulfonamides is 1. The Morgan fingerprint density at radius 3 is 2.46 bits per heavy atom. The van der Waals surface area contributed by atoms with E-state index in [0.29, 0.717) is 26.8 Å². The number of hydrogen-bond donors (Lipinski definition) is 1. The standard InChI is InChI=1S/C18H19N3O5S2/c1-21(2)28(23,24)14-8-9-15-16(10-14)27-18(19-15)20-17(22)11-26-13-6-4-12(25-3)5-7-13/h4-10H,11H2,1-3H3,(H,19,20,22). The number of rotatable bonds is 7. The molecular formula is C18H19N3O5S2. The van der Waals surface area contributed by atoms with E-state index in [9.17, 15) is 13.2 Å². The van der Waals surface area contributed by atoms with Gasteiger partial charge in [0, 0.05) is 14.1 Å². The number of nitrogens with one attached hydrogen (secondary N) is 1. The summed E-state index contributed by atoms with van der Waals surface area (Å²) in [5.41, 5.74) is 0.606. The molecule has 0 saturated heterocycles. The van der Waals surface area contributed by atoms with Gasteiger partial charge in [-0.1, -0.05) is 11.3 Å². The number of thiazole rings is 1. The van der Waals surface area contributed by atoms with Crippen molar-refractivity contribution in [2.24, 2.45) is 0 Å². The first kappa shape index (κ1) is 20.1. The number of carbonyl (C=O) groups is 1. The molecule has 1 heterocycles. The van der Waals surface area contributed by atoms with Crippen molar-refractivity contribution in [3.05, 3.63) is 42.5 Å². The van der Waals surface area contributed by atoms with Crippen molar-refractivity contribution in [2.75, 3.05) is 33.1 Å². The number of benzene rings is 2. The molecule has 3 rings (SSSR count). The summed E-state index contributed by atoms with van der Waals surface area (Å²) in [6, 6.07) is 11.5. The lowest BCUT2D eigenvalue weighted by molar-refractivity contribution is -0.118.